The molecule has 4 aromatic rings. The van der Waals surface area contributed by atoms with E-state index in [2.05, 4.69) is 36.4 Å². The fraction of sp³-hybridized carbons (Fsp3) is 0.333. The van der Waals surface area contributed by atoms with E-state index >= 15 is 0 Å². The zero-order chi connectivity index (χ0) is 22.9. The van der Waals surface area contributed by atoms with Crippen LogP contribution in [0.15, 0.2) is 53.7 Å². The van der Waals surface area contributed by atoms with Crippen LogP contribution in [0, 0.1) is 0 Å². The Morgan fingerprint density at radius 2 is 1.82 bits per heavy atom. The number of hydrogen-bond acceptors (Lipinski definition) is 10. The molecule has 0 radical (unpaired) electrons. The van der Waals surface area contributed by atoms with Crippen molar-refractivity contribution >= 4 is 24.2 Å². The standard InChI is InChI=1S/C21H25N9O2S.ClH/c1-3-31-19-14-16(15-22-12-7-13-33-21-24-26-27-29(21)2)10-11-18(19)32-20-23-25-28-30(20)17-8-5-4-6-9-17;/h4-6,8-11,14,22H,3,7,12-13,15H2,1-2H3;1H. The van der Waals surface area contributed by atoms with Crippen molar-refractivity contribution in [3.63, 3.8) is 0 Å². The maximum atomic E-state index is 6.01. The third kappa shape index (κ3) is 6.65. The van der Waals surface area contributed by atoms with E-state index in [0.29, 0.717) is 18.1 Å². The highest BCUT2D eigenvalue weighted by molar-refractivity contribution is 7.99. The fourth-order valence-corrected chi connectivity index (χ4v) is 3.81. The van der Waals surface area contributed by atoms with E-state index in [0.717, 1.165) is 41.7 Å². The molecule has 0 saturated heterocycles. The van der Waals surface area contributed by atoms with Crippen molar-refractivity contribution in [3.05, 3.63) is 54.1 Å². The number of hydrogen-bond donors (Lipinski definition) is 1. The van der Waals surface area contributed by atoms with E-state index in [-0.39, 0.29) is 18.4 Å². The van der Waals surface area contributed by atoms with Crippen LogP contribution < -0.4 is 14.8 Å². The minimum atomic E-state index is 0. The Balaban J connectivity index is 0.00000324. The zero-order valence-electron chi connectivity index (χ0n) is 18.9. The lowest BCUT2D eigenvalue weighted by molar-refractivity contribution is 0.315. The van der Waals surface area contributed by atoms with E-state index in [1.165, 1.54) is 0 Å². The summed E-state index contributed by atoms with van der Waals surface area (Å²) < 4.78 is 15.0. The van der Waals surface area contributed by atoms with Crippen molar-refractivity contribution in [3.8, 4) is 23.2 Å². The Kier molecular flexibility index (Phi) is 9.62. The minimum Gasteiger partial charge on any atom is -0.490 e. The summed E-state index contributed by atoms with van der Waals surface area (Å²) in [6.45, 7) is 4.06. The van der Waals surface area contributed by atoms with E-state index in [1.54, 1.807) is 21.1 Å². The Morgan fingerprint density at radius 1 is 1.00 bits per heavy atom. The largest absolute Gasteiger partial charge is 0.490 e. The van der Waals surface area contributed by atoms with Crippen molar-refractivity contribution in [2.45, 2.75) is 25.0 Å². The van der Waals surface area contributed by atoms with Gasteiger partial charge in [-0.25, -0.2) is 4.68 Å². The second kappa shape index (κ2) is 12.9. The first kappa shape index (κ1) is 25.4. The first-order chi connectivity index (χ1) is 16.2. The average Bonchev–Trinajstić information content (AvgIpc) is 3.47. The van der Waals surface area contributed by atoms with Gasteiger partial charge in [0.1, 0.15) is 0 Å². The lowest BCUT2D eigenvalue weighted by Crippen LogP contribution is -2.15. The number of benzene rings is 2. The number of nitrogens with one attached hydrogen (secondary N) is 1. The van der Waals surface area contributed by atoms with Crippen molar-refractivity contribution in [1.29, 1.82) is 0 Å². The molecule has 0 aliphatic rings. The van der Waals surface area contributed by atoms with Gasteiger partial charge in [-0.1, -0.05) is 41.1 Å². The maximum Gasteiger partial charge on any atom is 0.346 e. The predicted molar refractivity (Wildman–Crippen MR) is 130 cm³/mol. The minimum absolute atomic E-state index is 0. The van der Waals surface area contributed by atoms with Crippen LogP contribution in [0.4, 0.5) is 0 Å². The first-order valence-electron chi connectivity index (χ1n) is 10.6. The summed E-state index contributed by atoms with van der Waals surface area (Å²) >= 11 is 1.64. The topological polar surface area (TPSA) is 118 Å². The number of nitrogens with zero attached hydrogens (tertiary/aromatic N) is 8. The molecule has 2 aromatic carbocycles. The van der Waals surface area contributed by atoms with Crippen LogP contribution in [0.5, 0.6) is 17.5 Å². The summed E-state index contributed by atoms with van der Waals surface area (Å²) in [6, 6.07) is 15.7. The molecular formula is C21H26ClN9O2S. The number of rotatable bonds is 12. The van der Waals surface area contributed by atoms with Crippen molar-refractivity contribution in [2.75, 3.05) is 18.9 Å². The molecule has 4 rings (SSSR count). The van der Waals surface area contributed by atoms with Crippen LogP contribution in [0.3, 0.4) is 0 Å². The zero-order valence-corrected chi connectivity index (χ0v) is 20.5. The number of para-hydroxylation sites is 1. The van der Waals surface area contributed by atoms with E-state index < -0.39 is 0 Å². The van der Waals surface area contributed by atoms with Gasteiger partial charge < -0.3 is 14.8 Å². The van der Waals surface area contributed by atoms with Gasteiger partial charge in [0.2, 0.25) is 5.16 Å². The van der Waals surface area contributed by atoms with Crippen molar-refractivity contribution in [2.24, 2.45) is 7.05 Å². The highest BCUT2D eigenvalue weighted by Gasteiger charge is 2.14. The highest BCUT2D eigenvalue weighted by atomic mass is 35.5. The lowest BCUT2D eigenvalue weighted by Gasteiger charge is -2.13. The summed E-state index contributed by atoms with van der Waals surface area (Å²) in [4.78, 5) is 0. The molecule has 13 heteroatoms. The molecule has 2 heterocycles. The smallest absolute Gasteiger partial charge is 0.346 e. The molecule has 0 saturated carbocycles. The maximum absolute atomic E-state index is 6.01. The SMILES string of the molecule is CCOc1cc(CNCCCSc2nnnn2C)ccc1Oc1nnnn1-c1ccccc1.Cl. The molecule has 0 aliphatic heterocycles. The van der Waals surface area contributed by atoms with Gasteiger partial charge in [0.25, 0.3) is 0 Å². The molecule has 0 spiro atoms. The Labute approximate surface area is 207 Å². The Morgan fingerprint density at radius 3 is 2.59 bits per heavy atom. The average molecular weight is 504 g/mol. The first-order valence-corrected chi connectivity index (χ1v) is 11.6. The van der Waals surface area contributed by atoms with Crippen LogP contribution in [-0.4, -0.2) is 59.3 Å². The molecule has 0 bridgehead atoms. The third-order valence-corrected chi connectivity index (χ3v) is 5.69. The molecule has 34 heavy (non-hydrogen) atoms. The lowest BCUT2D eigenvalue weighted by atomic mass is 10.2. The summed E-state index contributed by atoms with van der Waals surface area (Å²) in [5, 5.41) is 27.5. The molecule has 0 amide bonds. The van der Waals surface area contributed by atoms with Gasteiger partial charge in [-0.15, -0.1) is 17.5 Å². The van der Waals surface area contributed by atoms with Crippen LogP contribution in [0.2, 0.25) is 0 Å². The van der Waals surface area contributed by atoms with Gasteiger partial charge in [0.05, 0.1) is 12.3 Å². The summed E-state index contributed by atoms with van der Waals surface area (Å²) in [7, 11) is 1.84. The number of aryl methyl sites for hydroxylation is 1. The van der Waals surface area contributed by atoms with Crippen molar-refractivity contribution < 1.29 is 9.47 Å². The molecule has 2 aromatic heterocycles. The summed E-state index contributed by atoms with van der Waals surface area (Å²) in [5.74, 6) is 2.14. The van der Waals surface area contributed by atoms with Crippen LogP contribution in [-0.2, 0) is 13.6 Å². The number of ether oxygens (including phenoxy) is 2. The van der Waals surface area contributed by atoms with Crippen LogP contribution in [0.1, 0.15) is 18.9 Å². The Bertz CT molecular complexity index is 1160. The van der Waals surface area contributed by atoms with Crippen LogP contribution in [0.25, 0.3) is 5.69 Å². The number of halogens is 1. The van der Waals surface area contributed by atoms with Crippen LogP contribution >= 0.6 is 24.2 Å². The molecule has 0 fully saturated rings. The molecule has 0 atom stereocenters. The normalized spacial score (nSPS) is 10.6. The number of aromatic nitrogens is 8. The molecule has 180 valence electrons. The predicted octanol–water partition coefficient (Wildman–Crippen LogP) is 3.07. The number of tetrazole rings is 2. The fourth-order valence-electron chi connectivity index (χ4n) is 3.02. The van der Waals surface area contributed by atoms with E-state index in [1.807, 2.05) is 62.5 Å². The van der Waals surface area contributed by atoms with Gasteiger partial charge >= 0.3 is 6.01 Å². The summed E-state index contributed by atoms with van der Waals surface area (Å²) in [5.41, 5.74) is 1.91. The van der Waals surface area contributed by atoms with Gasteiger partial charge in [0, 0.05) is 19.3 Å². The summed E-state index contributed by atoms with van der Waals surface area (Å²) in [6.07, 6.45) is 0.999. The van der Waals surface area contributed by atoms with E-state index in [4.69, 9.17) is 9.47 Å². The second-order valence-electron chi connectivity index (χ2n) is 6.99. The number of thioether (sulfide) groups is 1. The van der Waals surface area contributed by atoms with Gasteiger partial charge in [-0.3, -0.25) is 0 Å². The van der Waals surface area contributed by atoms with E-state index in [9.17, 15) is 0 Å². The van der Waals surface area contributed by atoms with Gasteiger partial charge in [-0.05, 0) is 70.6 Å². The molecule has 0 aliphatic carbocycles. The second-order valence-corrected chi connectivity index (χ2v) is 8.05. The van der Waals surface area contributed by atoms with Gasteiger partial charge in [0.15, 0.2) is 11.5 Å². The van der Waals surface area contributed by atoms with Gasteiger partial charge in [-0.2, -0.15) is 4.68 Å². The highest BCUT2D eigenvalue weighted by Crippen LogP contribution is 2.32. The molecule has 1 N–H and O–H groups in total. The van der Waals surface area contributed by atoms with Crippen molar-refractivity contribution in [1.82, 2.24) is 45.7 Å². The third-order valence-electron chi connectivity index (χ3n) is 4.59. The molecular weight excluding hydrogens is 478 g/mol. The molecule has 0 unspecified atom stereocenters. The Hall–Kier alpha value is -3.22. The molecule has 11 nitrogen and oxygen atoms in total. The monoisotopic (exact) mass is 503 g/mol. The quantitative estimate of drug-likeness (QED) is 0.228.